The van der Waals surface area contributed by atoms with Gasteiger partial charge in [-0.15, -0.1) is 0 Å². The van der Waals surface area contributed by atoms with Crippen LogP contribution in [0, 0.1) is 11.3 Å². The Morgan fingerprint density at radius 1 is 1.18 bits per heavy atom. The monoisotopic (exact) mass is 399 g/mol. The average molecular weight is 400 g/mol. The van der Waals surface area contributed by atoms with Gasteiger partial charge in [0.05, 0.1) is 4.90 Å². The molecule has 2 fully saturated rings. The average Bonchev–Trinajstić information content (AvgIpc) is 3.25. The van der Waals surface area contributed by atoms with Crippen molar-refractivity contribution in [3.8, 4) is 0 Å². The number of nitrogens with one attached hydrogen (secondary N) is 1. The van der Waals surface area contributed by atoms with E-state index < -0.39 is 10.0 Å². The zero-order valence-electron chi connectivity index (χ0n) is 16.0. The van der Waals surface area contributed by atoms with Crippen LogP contribution in [0.25, 0.3) is 0 Å². The number of pyridine rings is 1. The number of rotatable bonds is 6. The molecule has 1 saturated carbocycles. The molecule has 0 unspecified atom stereocenters. The van der Waals surface area contributed by atoms with Crippen molar-refractivity contribution in [3.63, 3.8) is 0 Å². The van der Waals surface area contributed by atoms with Crippen LogP contribution in [-0.2, 0) is 27.8 Å². The van der Waals surface area contributed by atoms with E-state index in [0.29, 0.717) is 24.5 Å². The molecule has 7 heteroatoms. The van der Waals surface area contributed by atoms with Gasteiger partial charge in [-0.05, 0) is 60.1 Å². The second-order valence-electron chi connectivity index (χ2n) is 7.78. The van der Waals surface area contributed by atoms with Crippen molar-refractivity contribution in [2.45, 2.75) is 37.6 Å². The van der Waals surface area contributed by atoms with Crippen LogP contribution >= 0.6 is 0 Å². The fraction of sp³-hybridized carbons (Fsp3) is 0.429. The first kappa shape index (κ1) is 19.1. The van der Waals surface area contributed by atoms with Gasteiger partial charge in [-0.25, -0.2) is 8.42 Å². The third-order valence-corrected chi connectivity index (χ3v) is 7.90. The molecule has 2 aliphatic rings. The topological polar surface area (TPSA) is 79.4 Å². The summed E-state index contributed by atoms with van der Waals surface area (Å²) in [5, 5.41) is 2.98. The number of nitrogens with zero attached hydrogens (tertiary/aromatic N) is 2. The minimum atomic E-state index is -3.50. The van der Waals surface area contributed by atoms with E-state index in [1.807, 2.05) is 31.2 Å². The summed E-state index contributed by atoms with van der Waals surface area (Å²) in [6.45, 7) is 3.42. The van der Waals surface area contributed by atoms with E-state index in [-0.39, 0.29) is 17.2 Å². The summed E-state index contributed by atoms with van der Waals surface area (Å²) in [6.07, 6.45) is 5.78. The minimum Gasteiger partial charge on any atom is -0.352 e. The molecule has 0 radical (unpaired) electrons. The third-order valence-electron chi connectivity index (χ3n) is 6.04. The molecule has 1 aromatic heterocycles. The summed E-state index contributed by atoms with van der Waals surface area (Å²) in [6, 6.07) is 10.8. The van der Waals surface area contributed by atoms with Gasteiger partial charge in [0, 0.05) is 37.9 Å². The number of benzene rings is 1. The lowest BCUT2D eigenvalue weighted by Crippen LogP contribution is -2.31. The fourth-order valence-corrected chi connectivity index (χ4v) is 5.63. The standard InChI is InChI=1S/C21H25N3O3S/c1-2-16-3-5-18(6-4-16)28(26,27)24-12-9-21(15-24)13-19(21)20(25)23-14-17-7-10-22-11-8-17/h3-8,10-11,19H,2,9,12-15H2,1H3,(H,23,25)/t19-,21-/m0/s1. The van der Waals surface area contributed by atoms with E-state index in [2.05, 4.69) is 10.3 Å². The van der Waals surface area contributed by atoms with Crippen LogP contribution in [0.3, 0.4) is 0 Å². The number of hydrogen-bond acceptors (Lipinski definition) is 4. The van der Waals surface area contributed by atoms with Crippen LogP contribution in [0.1, 0.15) is 30.9 Å². The number of hydrogen-bond donors (Lipinski definition) is 1. The number of carbonyl (C=O) groups excluding carboxylic acids is 1. The van der Waals surface area contributed by atoms with Crippen LogP contribution in [0.15, 0.2) is 53.7 Å². The second-order valence-corrected chi connectivity index (χ2v) is 9.72. The molecule has 28 heavy (non-hydrogen) atoms. The maximum Gasteiger partial charge on any atom is 0.243 e. The molecule has 1 saturated heterocycles. The predicted molar refractivity (Wildman–Crippen MR) is 106 cm³/mol. The Bertz CT molecular complexity index is 960. The van der Waals surface area contributed by atoms with Gasteiger partial charge >= 0.3 is 0 Å². The molecule has 1 spiro atoms. The molecular formula is C21H25N3O3S. The highest BCUT2D eigenvalue weighted by Crippen LogP contribution is 2.59. The van der Waals surface area contributed by atoms with Gasteiger partial charge in [-0.3, -0.25) is 9.78 Å². The normalized spacial score (nSPS) is 24.4. The molecule has 4 rings (SSSR count). The first-order chi connectivity index (χ1) is 13.4. The molecular weight excluding hydrogens is 374 g/mol. The Kier molecular flexibility index (Phi) is 4.97. The maximum absolute atomic E-state index is 13.0. The fourth-order valence-electron chi connectivity index (χ4n) is 4.09. The third kappa shape index (κ3) is 3.56. The van der Waals surface area contributed by atoms with Crippen molar-refractivity contribution in [1.82, 2.24) is 14.6 Å². The Labute approximate surface area is 166 Å². The van der Waals surface area contributed by atoms with Crippen molar-refractivity contribution in [2.24, 2.45) is 11.3 Å². The Hall–Kier alpha value is -2.25. The highest BCUT2D eigenvalue weighted by Gasteiger charge is 2.62. The lowest BCUT2D eigenvalue weighted by atomic mass is 10.0. The molecule has 6 nitrogen and oxygen atoms in total. The molecule has 2 heterocycles. The highest BCUT2D eigenvalue weighted by molar-refractivity contribution is 7.89. The molecule has 1 amide bonds. The SMILES string of the molecule is CCc1ccc(S(=O)(=O)N2CC[C@]3(C[C@H]3C(=O)NCc3ccncc3)C2)cc1. The van der Waals surface area contributed by atoms with Gasteiger partial charge in [-0.2, -0.15) is 4.31 Å². The minimum absolute atomic E-state index is 0.0170. The first-order valence-electron chi connectivity index (χ1n) is 9.70. The molecule has 2 atom stereocenters. The van der Waals surface area contributed by atoms with Crippen LogP contribution in [-0.4, -0.2) is 36.7 Å². The Morgan fingerprint density at radius 2 is 1.89 bits per heavy atom. The number of aryl methyl sites for hydroxylation is 1. The van der Waals surface area contributed by atoms with E-state index in [1.54, 1.807) is 28.8 Å². The highest BCUT2D eigenvalue weighted by atomic mass is 32.2. The molecule has 2 aromatic rings. The zero-order valence-corrected chi connectivity index (χ0v) is 16.8. The summed E-state index contributed by atoms with van der Waals surface area (Å²) in [5.41, 5.74) is 1.92. The molecule has 1 aliphatic carbocycles. The number of aromatic nitrogens is 1. The van der Waals surface area contributed by atoms with Gasteiger partial charge in [0.1, 0.15) is 0 Å². The quantitative estimate of drug-likeness (QED) is 0.809. The van der Waals surface area contributed by atoms with Crippen molar-refractivity contribution in [1.29, 1.82) is 0 Å². The van der Waals surface area contributed by atoms with Gasteiger partial charge in [0.15, 0.2) is 0 Å². The summed E-state index contributed by atoms with van der Waals surface area (Å²) >= 11 is 0. The maximum atomic E-state index is 13.0. The largest absolute Gasteiger partial charge is 0.352 e. The van der Waals surface area contributed by atoms with Crippen molar-refractivity contribution < 1.29 is 13.2 Å². The Balaban J connectivity index is 1.38. The zero-order chi connectivity index (χ0) is 19.8. The van der Waals surface area contributed by atoms with Gasteiger partial charge in [-0.1, -0.05) is 19.1 Å². The van der Waals surface area contributed by atoms with E-state index in [9.17, 15) is 13.2 Å². The van der Waals surface area contributed by atoms with Gasteiger partial charge in [0.2, 0.25) is 15.9 Å². The molecule has 0 bridgehead atoms. The molecule has 1 aliphatic heterocycles. The summed E-state index contributed by atoms with van der Waals surface area (Å²) < 4.78 is 27.5. The van der Waals surface area contributed by atoms with Crippen LogP contribution in [0.5, 0.6) is 0 Å². The summed E-state index contributed by atoms with van der Waals surface area (Å²) in [7, 11) is -3.50. The van der Waals surface area contributed by atoms with E-state index >= 15 is 0 Å². The van der Waals surface area contributed by atoms with E-state index in [4.69, 9.17) is 0 Å². The number of carbonyl (C=O) groups is 1. The van der Waals surface area contributed by atoms with Gasteiger partial charge < -0.3 is 5.32 Å². The van der Waals surface area contributed by atoms with Crippen molar-refractivity contribution in [2.75, 3.05) is 13.1 Å². The summed E-state index contributed by atoms with van der Waals surface area (Å²) in [4.78, 5) is 16.8. The lowest BCUT2D eigenvalue weighted by molar-refractivity contribution is -0.123. The van der Waals surface area contributed by atoms with Crippen molar-refractivity contribution in [3.05, 3.63) is 59.9 Å². The first-order valence-corrected chi connectivity index (χ1v) is 11.1. The van der Waals surface area contributed by atoms with E-state index in [1.165, 1.54) is 0 Å². The number of sulfonamides is 1. The van der Waals surface area contributed by atoms with Gasteiger partial charge in [0.25, 0.3) is 0 Å². The van der Waals surface area contributed by atoms with Crippen LogP contribution in [0.2, 0.25) is 0 Å². The second kappa shape index (κ2) is 7.29. The molecule has 1 aromatic carbocycles. The van der Waals surface area contributed by atoms with Crippen LogP contribution in [0.4, 0.5) is 0 Å². The predicted octanol–water partition coefficient (Wildman–Crippen LogP) is 2.36. The lowest BCUT2D eigenvalue weighted by Gasteiger charge is -2.17. The smallest absolute Gasteiger partial charge is 0.243 e. The molecule has 148 valence electrons. The van der Waals surface area contributed by atoms with E-state index in [0.717, 1.165) is 30.4 Å². The Morgan fingerprint density at radius 3 is 2.57 bits per heavy atom. The van der Waals surface area contributed by atoms with Crippen molar-refractivity contribution >= 4 is 15.9 Å². The molecule has 1 N–H and O–H groups in total. The summed E-state index contributed by atoms with van der Waals surface area (Å²) in [5.74, 6) is -0.0830. The number of amides is 1. The van der Waals surface area contributed by atoms with Crippen LogP contribution < -0.4 is 5.32 Å².